The van der Waals surface area contributed by atoms with Gasteiger partial charge in [-0.3, -0.25) is 4.79 Å². The van der Waals surface area contributed by atoms with Gasteiger partial charge in [0.15, 0.2) is 0 Å². The number of carbonyl (C=O) groups excluding carboxylic acids is 1. The molecule has 1 aliphatic rings. The van der Waals surface area contributed by atoms with Crippen LogP contribution < -0.4 is 10.1 Å². The van der Waals surface area contributed by atoms with Gasteiger partial charge in [0.1, 0.15) is 17.4 Å². The Labute approximate surface area is 175 Å². The van der Waals surface area contributed by atoms with Gasteiger partial charge in [-0.15, -0.1) is 11.3 Å². The van der Waals surface area contributed by atoms with Crippen LogP contribution in [-0.2, 0) is 23.0 Å². The summed E-state index contributed by atoms with van der Waals surface area (Å²) in [5.74, 6) is -2.03. The molecule has 1 aromatic carbocycles. The number of rotatable bonds is 7. The number of hydrogen-bond acceptors (Lipinski definition) is 6. The predicted octanol–water partition coefficient (Wildman–Crippen LogP) is 2.66. The average molecular weight is 460 g/mol. The zero-order valence-electron chi connectivity index (χ0n) is 15.7. The highest BCUT2D eigenvalue weighted by Crippen LogP contribution is 2.38. The third-order valence-electron chi connectivity index (χ3n) is 4.43. The van der Waals surface area contributed by atoms with Gasteiger partial charge in [-0.25, -0.2) is 22.0 Å². The topological polar surface area (TPSA) is 113 Å². The van der Waals surface area contributed by atoms with Crippen LogP contribution in [0.5, 0.6) is 5.75 Å². The van der Waals surface area contributed by atoms with E-state index in [1.165, 1.54) is 28.6 Å². The van der Waals surface area contributed by atoms with Gasteiger partial charge in [0.2, 0.25) is 10.0 Å². The fraction of sp³-hybridized carbons (Fsp3) is 0.333. The number of carboxylic acid groups (broad SMARTS) is 1. The molecular formula is C18H18F2N2O6S2. The average Bonchev–Trinajstić information content (AvgIpc) is 3.02. The molecule has 0 radical (unpaired) electrons. The van der Waals surface area contributed by atoms with Crippen LogP contribution in [0.1, 0.15) is 31.2 Å². The number of ether oxygens (including phenoxy) is 1. The van der Waals surface area contributed by atoms with Gasteiger partial charge < -0.3 is 15.2 Å². The van der Waals surface area contributed by atoms with Gasteiger partial charge in [-0.2, -0.15) is 4.31 Å². The number of benzene rings is 1. The van der Waals surface area contributed by atoms with E-state index in [9.17, 15) is 31.9 Å². The van der Waals surface area contributed by atoms with E-state index in [1.807, 2.05) is 0 Å². The van der Waals surface area contributed by atoms with E-state index >= 15 is 0 Å². The monoisotopic (exact) mass is 460 g/mol. The Bertz CT molecular complexity index is 1080. The van der Waals surface area contributed by atoms with Crippen molar-refractivity contribution in [2.75, 3.05) is 24.7 Å². The Morgan fingerprint density at radius 3 is 2.67 bits per heavy atom. The molecule has 0 fully saturated rings. The van der Waals surface area contributed by atoms with Crippen molar-refractivity contribution in [3.63, 3.8) is 0 Å². The second kappa shape index (κ2) is 8.66. The number of carboxylic acids is 1. The number of sulfonamides is 1. The maximum atomic E-state index is 12.7. The molecule has 0 bridgehead atoms. The van der Waals surface area contributed by atoms with Crippen molar-refractivity contribution in [2.24, 2.45) is 0 Å². The second-order valence-electron chi connectivity index (χ2n) is 6.51. The van der Waals surface area contributed by atoms with E-state index in [0.29, 0.717) is 10.4 Å². The third-order valence-corrected chi connectivity index (χ3v) is 6.81. The van der Waals surface area contributed by atoms with Crippen LogP contribution in [0.2, 0.25) is 0 Å². The number of hydrogen-bond donors (Lipinski definition) is 2. The highest BCUT2D eigenvalue weighted by atomic mass is 32.2. The molecule has 2 heterocycles. The molecule has 1 aliphatic heterocycles. The second-order valence-corrected chi connectivity index (χ2v) is 9.60. The van der Waals surface area contributed by atoms with Crippen LogP contribution in [0.15, 0.2) is 24.3 Å². The van der Waals surface area contributed by atoms with Gasteiger partial charge in [-0.1, -0.05) is 12.1 Å². The first-order chi connectivity index (χ1) is 14.1. The molecule has 0 saturated carbocycles. The lowest BCUT2D eigenvalue weighted by Gasteiger charge is -2.24. The van der Waals surface area contributed by atoms with Gasteiger partial charge in [-0.05, 0) is 24.1 Å². The van der Waals surface area contributed by atoms with Crippen LogP contribution in [0.4, 0.5) is 13.8 Å². The maximum absolute atomic E-state index is 12.7. The van der Waals surface area contributed by atoms with Crippen LogP contribution in [0.25, 0.3) is 0 Å². The highest BCUT2D eigenvalue weighted by Gasteiger charge is 2.31. The molecule has 2 aromatic rings. The Balaban J connectivity index is 1.90. The van der Waals surface area contributed by atoms with E-state index < -0.39 is 34.9 Å². The molecule has 8 nitrogen and oxygen atoms in total. The van der Waals surface area contributed by atoms with Gasteiger partial charge >= 0.3 is 5.97 Å². The number of nitrogens with zero attached hydrogens (tertiary/aromatic N) is 1. The summed E-state index contributed by atoms with van der Waals surface area (Å²) in [6.45, 7) is -0.733. The zero-order valence-corrected chi connectivity index (χ0v) is 17.4. The summed E-state index contributed by atoms with van der Waals surface area (Å²) in [5.41, 5.74) is 0.353. The fourth-order valence-corrected chi connectivity index (χ4v) is 5.20. The maximum Gasteiger partial charge on any atom is 0.339 e. The Morgan fingerprint density at radius 1 is 1.33 bits per heavy atom. The minimum absolute atomic E-state index is 0.0169. The van der Waals surface area contributed by atoms with Crippen LogP contribution >= 0.6 is 11.3 Å². The molecule has 1 amide bonds. The number of thiophene rings is 1. The number of carbonyl (C=O) groups is 2. The summed E-state index contributed by atoms with van der Waals surface area (Å²) < 4.78 is 54.7. The summed E-state index contributed by atoms with van der Waals surface area (Å²) in [6.07, 6.45) is -1.45. The van der Waals surface area contributed by atoms with Crippen molar-refractivity contribution in [1.82, 2.24) is 4.31 Å². The van der Waals surface area contributed by atoms with Crippen molar-refractivity contribution in [3.05, 3.63) is 45.8 Å². The minimum atomic E-state index is -3.45. The summed E-state index contributed by atoms with van der Waals surface area (Å²) in [5, 5.41) is 12.2. The number of anilines is 1. The van der Waals surface area contributed by atoms with Crippen molar-refractivity contribution in [2.45, 2.75) is 19.4 Å². The normalized spacial score (nSPS) is 14.4. The third kappa shape index (κ3) is 4.77. The lowest BCUT2D eigenvalue weighted by atomic mass is 10.0. The molecule has 12 heteroatoms. The smallest absolute Gasteiger partial charge is 0.339 e. The highest BCUT2D eigenvalue weighted by molar-refractivity contribution is 7.88. The molecule has 0 spiro atoms. The summed E-state index contributed by atoms with van der Waals surface area (Å²) >= 11 is 0.978. The number of alkyl halides is 2. The quantitative estimate of drug-likeness (QED) is 0.657. The van der Waals surface area contributed by atoms with E-state index in [0.717, 1.165) is 17.6 Å². The van der Waals surface area contributed by atoms with E-state index in [-0.39, 0.29) is 41.4 Å². The van der Waals surface area contributed by atoms with E-state index in [1.54, 1.807) is 0 Å². The fourth-order valence-electron chi connectivity index (χ4n) is 3.08. The molecule has 1 aromatic heterocycles. The number of amides is 1. The van der Waals surface area contributed by atoms with Crippen molar-refractivity contribution in [1.29, 1.82) is 0 Å². The lowest BCUT2D eigenvalue weighted by Crippen LogP contribution is -2.34. The number of halogens is 2. The molecule has 0 aliphatic carbocycles. The number of aromatic carboxylic acids is 1. The molecule has 3 rings (SSSR count). The number of fused-ring (bicyclic) bond motifs is 1. The molecular weight excluding hydrogens is 442 g/mol. The Kier molecular flexibility index (Phi) is 6.38. The molecule has 0 saturated heterocycles. The van der Waals surface area contributed by atoms with Gasteiger partial charge in [0.25, 0.3) is 12.3 Å². The number of para-hydroxylation sites is 1. The summed E-state index contributed by atoms with van der Waals surface area (Å²) in [6, 6.07) is 5.77. The first-order valence-electron chi connectivity index (χ1n) is 8.72. The first kappa shape index (κ1) is 22.1. The first-order valence-corrected chi connectivity index (χ1v) is 11.4. The van der Waals surface area contributed by atoms with Crippen LogP contribution in [0.3, 0.4) is 0 Å². The summed E-state index contributed by atoms with van der Waals surface area (Å²) in [4.78, 5) is 25.1. The zero-order chi connectivity index (χ0) is 22.1. The summed E-state index contributed by atoms with van der Waals surface area (Å²) in [7, 11) is -3.45. The standard InChI is InChI=1S/C18H18F2N2O6S2/c1-30(26,27)22-7-6-11-13(8-22)29-17(15(11)18(24)25)21-16(23)10-4-2-3-5-12(10)28-9-14(19)20/h2-5,14H,6-9H2,1H3,(H,21,23)(H,24,25). The van der Waals surface area contributed by atoms with Gasteiger partial charge in [0.05, 0.1) is 17.4 Å². The lowest BCUT2D eigenvalue weighted by molar-refractivity contribution is 0.0696. The molecule has 2 N–H and O–H groups in total. The number of nitrogens with one attached hydrogen (secondary N) is 1. The van der Waals surface area contributed by atoms with E-state index in [2.05, 4.69) is 5.32 Å². The predicted molar refractivity (Wildman–Crippen MR) is 106 cm³/mol. The molecule has 162 valence electrons. The van der Waals surface area contributed by atoms with E-state index in [4.69, 9.17) is 4.74 Å². The van der Waals surface area contributed by atoms with Crippen molar-refractivity contribution < 1.29 is 36.6 Å². The minimum Gasteiger partial charge on any atom is -0.487 e. The van der Waals surface area contributed by atoms with Gasteiger partial charge in [0, 0.05) is 18.0 Å². The largest absolute Gasteiger partial charge is 0.487 e. The molecule has 0 atom stereocenters. The van der Waals surface area contributed by atoms with Crippen LogP contribution in [0, 0.1) is 0 Å². The Morgan fingerprint density at radius 2 is 2.03 bits per heavy atom. The molecule has 0 unspecified atom stereocenters. The van der Waals surface area contributed by atoms with Crippen molar-refractivity contribution in [3.8, 4) is 5.75 Å². The van der Waals surface area contributed by atoms with Crippen LogP contribution in [-0.4, -0.2) is 55.5 Å². The molecule has 30 heavy (non-hydrogen) atoms. The van der Waals surface area contributed by atoms with Crippen molar-refractivity contribution >= 4 is 38.2 Å². The SMILES string of the molecule is CS(=O)(=O)N1CCc2c(sc(NC(=O)c3ccccc3OCC(F)F)c2C(=O)O)C1. The Hall–Kier alpha value is -2.57.